The van der Waals surface area contributed by atoms with Crippen LogP contribution >= 0.6 is 0 Å². The summed E-state index contributed by atoms with van der Waals surface area (Å²) in [6.45, 7) is 2.14. The van der Waals surface area contributed by atoms with Crippen LogP contribution in [0.2, 0.25) is 0 Å². The molecule has 104 valence electrons. The predicted octanol–water partition coefficient (Wildman–Crippen LogP) is 2.96. The minimum atomic E-state index is -0.497. The fourth-order valence-corrected chi connectivity index (χ4v) is 2.51. The Hall–Kier alpha value is -1.42. The molecule has 1 aliphatic carbocycles. The van der Waals surface area contributed by atoms with Gasteiger partial charge in [-0.3, -0.25) is 5.32 Å². The van der Waals surface area contributed by atoms with Crippen molar-refractivity contribution < 1.29 is 13.9 Å². The smallest absolute Gasteiger partial charge is 0.327 e. The van der Waals surface area contributed by atoms with E-state index < -0.39 is 6.04 Å². The van der Waals surface area contributed by atoms with Crippen molar-refractivity contribution in [2.24, 2.45) is 0 Å². The second-order valence-corrected chi connectivity index (χ2v) is 4.88. The first kappa shape index (κ1) is 14.0. The molecule has 19 heavy (non-hydrogen) atoms. The lowest BCUT2D eigenvalue weighted by Crippen LogP contribution is -2.36. The van der Waals surface area contributed by atoms with Crippen LogP contribution in [0.25, 0.3) is 0 Å². The van der Waals surface area contributed by atoms with Crippen LogP contribution in [0.1, 0.15) is 44.2 Å². The molecule has 0 heterocycles. The van der Waals surface area contributed by atoms with Crippen molar-refractivity contribution in [3.8, 4) is 0 Å². The fourth-order valence-electron chi connectivity index (χ4n) is 2.51. The molecule has 0 radical (unpaired) electrons. The average molecular weight is 265 g/mol. The summed E-state index contributed by atoms with van der Waals surface area (Å²) >= 11 is 0. The fraction of sp³-hybridized carbons (Fsp3) is 0.533. The molecule has 1 saturated carbocycles. The van der Waals surface area contributed by atoms with Gasteiger partial charge in [0.25, 0.3) is 0 Å². The number of nitrogens with one attached hydrogen (secondary N) is 1. The molecule has 3 nitrogen and oxygen atoms in total. The predicted molar refractivity (Wildman–Crippen MR) is 71.2 cm³/mol. The van der Waals surface area contributed by atoms with Crippen molar-refractivity contribution >= 4 is 5.97 Å². The van der Waals surface area contributed by atoms with Crippen LogP contribution in [-0.2, 0) is 9.53 Å². The monoisotopic (exact) mass is 265 g/mol. The second-order valence-electron chi connectivity index (χ2n) is 4.88. The molecule has 0 aromatic heterocycles. The third kappa shape index (κ3) is 3.77. The topological polar surface area (TPSA) is 38.3 Å². The average Bonchev–Trinajstić information content (AvgIpc) is 2.90. The van der Waals surface area contributed by atoms with Crippen LogP contribution in [0.4, 0.5) is 4.39 Å². The van der Waals surface area contributed by atoms with Crippen molar-refractivity contribution in [2.45, 2.75) is 44.7 Å². The maximum absolute atomic E-state index is 13.0. The van der Waals surface area contributed by atoms with Crippen molar-refractivity contribution in [1.29, 1.82) is 0 Å². The van der Waals surface area contributed by atoms with Crippen molar-refractivity contribution in [3.63, 3.8) is 0 Å². The number of esters is 1. The summed E-state index contributed by atoms with van der Waals surface area (Å²) in [4.78, 5) is 12.0. The maximum atomic E-state index is 13.0. The molecular formula is C15H20FNO2. The van der Waals surface area contributed by atoms with E-state index in [1.807, 2.05) is 0 Å². The van der Waals surface area contributed by atoms with E-state index >= 15 is 0 Å². The van der Waals surface area contributed by atoms with Gasteiger partial charge in [0.2, 0.25) is 0 Å². The SMILES string of the molecule is CCOC(=O)C(NC1CCCC1)c1ccc(F)cc1. The van der Waals surface area contributed by atoms with Crippen LogP contribution in [-0.4, -0.2) is 18.6 Å². The zero-order valence-electron chi connectivity index (χ0n) is 11.2. The Morgan fingerprint density at radius 1 is 1.37 bits per heavy atom. The number of hydrogen-bond donors (Lipinski definition) is 1. The van der Waals surface area contributed by atoms with E-state index in [0.717, 1.165) is 18.4 Å². The zero-order chi connectivity index (χ0) is 13.7. The maximum Gasteiger partial charge on any atom is 0.327 e. The molecule has 1 atom stereocenters. The minimum Gasteiger partial charge on any atom is -0.465 e. The van der Waals surface area contributed by atoms with Crippen LogP contribution in [0.5, 0.6) is 0 Å². The molecule has 1 aromatic rings. The van der Waals surface area contributed by atoms with Crippen molar-refractivity contribution in [3.05, 3.63) is 35.6 Å². The summed E-state index contributed by atoms with van der Waals surface area (Å²) < 4.78 is 18.1. The lowest BCUT2D eigenvalue weighted by molar-refractivity contribution is -0.146. The number of carbonyl (C=O) groups is 1. The second kappa shape index (κ2) is 6.66. The van der Waals surface area contributed by atoms with Gasteiger partial charge in [0.15, 0.2) is 0 Å². The van der Waals surface area contributed by atoms with Crippen LogP contribution in [0, 0.1) is 5.82 Å². The van der Waals surface area contributed by atoms with E-state index in [2.05, 4.69) is 5.32 Å². The van der Waals surface area contributed by atoms with Gasteiger partial charge in [0.1, 0.15) is 11.9 Å². The van der Waals surface area contributed by atoms with Crippen LogP contribution in [0.3, 0.4) is 0 Å². The normalized spacial score (nSPS) is 17.4. The van der Waals surface area contributed by atoms with Crippen LogP contribution in [0.15, 0.2) is 24.3 Å². The highest BCUT2D eigenvalue weighted by atomic mass is 19.1. The highest BCUT2D eigenvalue weighted by Crippen LogP contribution is 2.23. The summed E-state index contributed by atoms with van der Waals surface area (Å²) in [5, 5.41) is 3.34. The minimum absolute atomic E-state index is 0.291. The Morgan fingerprint density at radius 2 is 2.00 bits per heavy atom. The molecule has 4 heteroatoms. The lowest BCUT2D eigenvalue weighted by Gasteiger charge is -2.21. The third-order valence-electron chi connectivity index (χ3n) is 3.48. The summed E-state index contributed by atoms with van der Waals surface area (Å²) in [5.74, 6) is -0.590. The van der Waals surface area contributed by atoms with E-state index in [4.69, 9.17) is 4.74 Å². The van der Waals surface area contributed by atoms with Crippen LogP contribution < -0.4 is 5.32 Å². The van der Waals surface area contributed by atoms with E-state index in [9.17, 15) is 9.18 Å². The molecule has 0 saturated heterocycles. The first-order valence-corrected chi connectivity index (χ1v) is 6.89. The highest BCUT2D eigenvalue weighted by molar-refractivity contribution is 5.77. The largest absolute Gasteiger partial charge is 0.465 e. The van der Waals surface area contributed by atoms with Gasteiger partial charge in [-0.15, -0.1) is 0 Å². The summed E-state index contributed by atoms with van der Waals surface area (Å²) in [6.07, 6.45) is 4.54. The van der Waals surface area contributed by atoms with E-state index in [-0.39, 0.29) is 11.8 Å². The number of ether oxygens (including phenoxy) is 1. The van der Waals surface area contributed by atoms with Gasteiger partial charge < -0.3 is 4.74 Å². The van der Waals surface area contributed by atoms with E-state index in [1.54, 1.807) is 19.1 Å². The molecule has 0 bridgehead atoms. The summed E-state index contributed by atoms with van der Waals surface area (Å²) in [5.41, 5.74) is 0.756. The van der Waals surface area contributed by atoms with E-state index in [1.165, 1.54) is 25.0 Å². The first-order valence-electron chi connectivity index (χ1n) is 6.89. The van der Waals surface area contributed by atoms with Gasteiger partial charge in [-0.25, -0.2) is 9.18 Å². The molecule has 1 aromatic carbocycles. The molecule has 0 spiro atoms. The summed E-state index contributed by atoms with van der Waals surface area (Å²) in [6, 6.07) is 5.87. The standard InChI is InChI=1S/C15H20FNO2/c1-2-19-15(18)14(17-13-5-3-4-6-13)11-7-9-12(16)10-8-11/h7-10,13-14,17H,2-6H2,1H3. The zero-order valence-corrected chi connectivity index (χ0v) is 11.2. The summed E-state index contributed by atoms with van der Waals surface area (Å²) in [7, 11) is 0. The molecule has 1 unspecified atom stereocenters. The molecule has 1 N–H and O–H groups in total. The number of benzene rings is 1. The van der Waals surface area contributed by atoms with Gasteiger partial charge >= 0.3 is 5.97 Å². The van der Waals surface area contributed by atoms with Gasteiger partial charge in [0, 0.05) is 6.04 Å². The number of carbonyl (C=O) groups excluding carboxylic acids is 1. The van der Waals surface area contributed by atoms with Gasteiger partial charge in [-0.05, 0) is 37.5 Å². The van der Waals surface area contributed by atoms with Crippen molar-refractivity contribution in [1.82, 2.24) is 5.32 Å². The van der Waals surface area contributed by atoms with Gasteiger partial charge in [0.05, 0.1) is 6.61 Å². The van der Waals surface area contributed by atoms with Crippen molar-refractivity contribution in [2.75, 3.05) is 6.61 Å². The molecule has 1 aliphatic rings. The molecular weight excluding hydrogens is 245 g/mol. The van der Waals surface area contributed by atoms with E-state index in [0.29, 0.717) is 12.6 Å². The highest BCUT2D eigenvalue weighted by Gasteiger charge is 2.26. The first-order chi connectivity index (χ1) is 9.20. The lowest BCUT2D eigenvalue weighted by atomic mass is 10.1. The molecule has 1 fully saturated rings. The van der Waals surface area contributed by atoms with Gasteiger partial charge in [-0.1, -0.05) is 25.0 Å². The number of hydrogen-bond acceptors (Lipinski definition) is 3. The van der Waals surface area contributed by atoms with Gasteiger partial charge in [-0.2, -0.15) is 0 Å². The Morgan fingerprint density at radius 3 is 2.58 bits per heavy atom. The Labute approximate surface area is 113 Å². The quantitative estimate of drug-likeness (QED) is 0.832. The Kier molecular flexibility index (Phi) is 4.91. The Balaban J connectivity index is 2.12. The third-order valence-corrected chi connectivity index (χ3v) is 3.48. The Bertz CT molecular complexity index is 413. The number of halogens is 1. The molecule has 2 rings (SSSR count). The molecule has 0 aliphatic heterocycles. The molecule has 0 amide bonds. The number of rotatable bonds is 5.